The van der Waals surface area contributed by atoms with E-state index in [1.54, 1.807) is 11.3 Å². The Bertz CT molecular complexity index is 991. The van der Waals surface area contributed by atoms with Crippen LogP contribution in [0.25, 0.3) is 27.7 Å². The fourth-order valence-electron chi connectivity index (χ4n) is 2.93. The van der Waals surface area contributed by atoms with Crippen LogP contribution in [0, 0.1) is 6.92 Å². The minimum Gasteiger partial charge on any atom is -0.328 e. The van der Waals surface area contributed by atoms with Crippen molar-refractivity contribution >= 4 is 16.3 Å². The second kappa shape index (κ2) is 6.46. The van der Waals surface area contributed by atoms with Gasteiger partial charge in [0.2, 0.25) is 0 Å². The summed E-state index contributed by atoms with van der Waals surface area (Å²) in [6.07, 6.45) is 5.99. The van der Waals surface area contributed by atoms with Crippen molar-refractivity contribution in [1.82, 2.24) is 23.8 Å². The second-order valence-corrected chi connectivity index (χ2v) is 7.35. The largest absolute Gasteiger partial charge is 0.328 e. The van der Waals surface area contributed by atoms with Crippen LogP contribution in [0.2, 0.25) is 0 Å². The number of hydrogen-bond donors (Lipinski definition) is 0. The quantitative estimate of drug-likeness (QED) is 0.549. The van der Waals surface area contributed by atoms with Crippen LogP contribution in [0.4, 0.5) is 0 Å². The van der Waals surface area contributed by atoms with E-state index in [-0.39, 0.29) is 0 Å². The molecule has 0 aliphatic carbocycles. The molecule has 0 bridgehead atoms. The topological polar surface area (TPSA) is 38.4 Å². The Labute approximate surface area is 151 Å². The molecule has 0 aliphatic heterocycles. The first-order valence-corrected chi connectivity index (χ1v) is 9.20. The Morgan fingerprint density at radius 3 is 2.68 bits per heavy atom. The molecule has 5 nitrogen and oxygen atoms in total. The molecule has 0 saturated carbocycles. The molecule has 128 valence electrons. The third-order valence-corrected chi connectivity index (χ3v) is 5.06. The fourth-order valence-corrected chi connectivity index (χ4v) is 3.64. The SMILES string of the molecule is Cc1ccc(-c2nc3sccn3c2-c2nccn2CCN(C)C)cc1. The third-order valence-electron chi connectivity index (χ3n) is 4.30. The molecule has 0 radical (unpaired) electrons. The minimum absolute atomic E-state index is 0.896. The fraction of sp³-hybridized carbons (Fsp3) is 0.263. The van der Waals surface area contributed by atoms with Crippen molar-refractivity contribution in [3.8, 4) is 22.8 Å². The zero-order valence-corrected chi connectivity index (χ0v) is 15.5. The van der Waals surface area contributed by atoms with Crippen LogP contribution in [-0.4, -0.2) is 44.5 Å². The van der Waals surface area contributed by atoms with E-state index >= 15 is 0 Å². The molecule has 0 aliphatic rings. The number of imidazole rings is 2. The van der Waals surface area contributed by atoms with E-state index in [0.717, 1.165) is 40.8 Å². The molecule has 3 aromatic heterocycles. The maximum Gasteiger partial charge on any atom is 0.194 e. The Hall–Kier alpha value is -2.44. The summed E-state index contributed by atoms with van der Waals surface area (Å²) in [4.78, 5) is 12.7. The van der Waals surface area contributed by atoms with Crippen molar-refractivity contribution in [3.05, 3.63) is 53.8 Å². The summed E-state index contributed by atoms with van der Waals surface area (Å²) in [6, 6.07) is 8.53. The lowest BCUT2D eigenvalue weighted by molar-refractivity contribution is 0.385. The predicted molar refractivity (Wildman–Crippen MR) is 103 cm³/mol. The van der Waals surface area contributed by atoms with E-state index < -0.39 is 0 Å². The minimum atomic E-state index is 0.896. The van der Waals surface area contributed by atoms with Crippen LogP contribution < -0.4 is 0 Å². The van der Waals surface area contributed by atoms with Gasteiger partial charge in [-0.3, -0.25) is 4.40 Å². The summed E-state index contributed by atoms with van der Waals surface area (Å²) >= 11 is 1.65. The summed E-state index contributed by atoms with van der Waals surface area (Å²) < 4.78 is 4.35. The maximum absolute atomic E-state index is 4.88. The molecular weight excluding hydrogens is 330 g/mol. The zero-order valence-electron chi connectivity index (χ0n) is 14.7. The first-order chi connectivity index (χ1) is 12.1. The van der Waals surface area contributed by atoms with E-state index in [1.807, 2.05) is 12.4 Å². The Kier molecular flexibility index (Phi) is 4.15. The number of aromatic nitrogens is 4. The van der Waals surface area contributed by atoms with Crippen LogP contribution in [0.3, 0.4) is 0 Å². The molecule has 4 rings (SSSR count). The van der Waals surface area contributed by atoms with Gasteiger partial charge < -0.3 is 9.47 Å². The summed E-state index contributed by atoms with van der Waals surface area (Å²) in [5.41, 5.74) is 4.42. The van der Waals surface area contributed by atoms with Gasteiger partial charge in [0.1, 0.15) is 11.4 Å². The normalized spacial score (nSPS) is 11.7. The molecular formula is C19H21N5S. The molecule has 0 amide bonds. The highest BCUT2D eigenvalue weighted by molar-refractivity contribution is 7.15. The smallest absolute Gasteiger partial charge is 0.194 e. The lowest BCUT2D eigenvalue weighted by Gasteiger charge is -2.13. The van der Waals surface area contributed by atoms with Crippen LogP contribution >= 0.6 is 11.3 Å². The predicted octanol–water partition coefficient (Wildman–Crippen LogP) is 3.80. The Balaban J connectivity index is 1.86. The molecule has 1 aromatic carbocycles. The summed E-state index contributed by atoms with van der Waals surface area (Å²) in [7, 11) is 4.18. The maximum atomic E-state index is 4.88. The number of nitrogens with zero attached hydrogens (tertiary/aromatic N) is 5. The molecule has 0 unspecified atom stereocenters. The molecule has 6 heteroatoms. The van der Waals surface area contributed by atoms with E-state index in [9.17, 15) is 0 Å². The number of benzene rings is 1. The third kappa shape index (κ3) is 2.99. The first-order valence-electron chi connectivity index (χ1n) is 8.32. The summed E-state index contributed by atoms with van der Waals surface area (Å²) in [5, 5.41) is 2.07. The van der Waals surface area contributed by atoms with Crippen molar-refractivity contribution in [2.24, 2.45) is 0 Å². The van der Waals surface area contributed by atoms with Gasteiger partial charge in [-0.1, -0.05) is 29.8 Å². The summed E-state index contributed by atoms with van der Waals surface area (Å²) in [6.45, 7) is 3.96. The van der Waals surface area contributed by atoms with Gasteiger partial charge in [0, 0.05) is 42.6 Å². The molecule has 3 heterocycles. The number of thiazole rings is 1. The lowest BCUT2D eigenvalue weighted by atomic mass is 10.1. The van der Waals surface area contributed by atoms with E-state index in [0.29, 0.717) is 0 Å². The first kappa shape index (κ1) is 16.1. The van der Waals surface area contributed by atoms with E-state index in [1.165, 1.54) is 5.56 Å². The molecule has 4 aromatic rings. The molecule has 25 heavy (non-hydrogen) atoms. The van der Waals surface area contributed by atoms with Crippen molar-refractivity contribution in [1.29, 1.82) is 0 Å². The number of hydrogen-bond acceptors (Lipinski definition) is 4. The standard InChI is InChI=1S/C19H21N5S/c1-14-4-6-15(7-5-14)16-17(24-12-13-25-19(24)21-16)18-20-8-9-23(18)11-10-22(2)3/h4-9,12-13H,10-11H2,1-3H3. The number of aryl methyl sites for hydroxylation is 1. The highest BCUT2D eigenvalue weighted by Gasteiger charge is 2.20. The monoisotopic (exact) mass is 351 g/mol. The van der Waals surface area contributed by atoms with Crippen molar-refractivity contribution < 1.29 is 0 Å². The van der Waals surface area contributed by atoms with Gasteiger partial charge >= 0.3 is 0 Å². The van der Waals surface area contributed by atoms with Crippen molar-refractivity contribution in [2.45, 2.75) is 13.5 Å². The Morgan fingerprint density at radius 2 is 1.92 bits per heavy atom. The van der Waals surface area contributed by atoms with Gasteiger partial charge in [-0.25, -0.2) is 9.97 Å². The number of fused-ring (bicyclic) bond motifs is 1. The van der Waals surface area contributed by atoms with Crippen LogP contribution in [0.15, 0.2) is 48.2 Å². The van der Waals surface area contributed by atoms with Gasteiger partial charge in [0.25, 0.3) is 0 Å². The molecule has 0 saturated heterocycles. The molecule has 0 N–H and O–H groups in total. The van der Waals surface area contributed by atoms with Crippen LogP contribution in [0.1, 0.15) is 5.56 Å². The molecule has 0 spiro atoms. The van der Waals surface area contributed by atoms with Gasteiger partial charge in [0.15, 0.2) is 10.8 Å². The Morgan fingerprint density at radius 1 is 1.12 bits per heavy atom. The van der Waals surface area contributed by atoms with Gasteiger partial charge in [-0.15, -0.1) is 11.3 Å². The number of rotatable bonds is 5. The van der Waals surface area contributed by atoms with Gasteiger partial charge in [-0.05, 0) is 21.0 Å². The highest BCUT2D eigenvalue weighted by atomic mass is 32.1. The number of likely N-dealkylation sites (N-methyl/N-ethyl adjacent to an activating group) is 1. The van der Waals surface area contributed by atoms with Gasteiger partial charge in [-0.2, -0.15) is 0 Å². The highest BCUT2D eigenvalue weighted by Crippen LogP contribution is 2.33. The van der Waals surface area contributed by atoms with E-state index in [2.05, 4.69) is 75.7 Å². The van der Waals surface area contributed by atoms with Gasteiger partial charge in [0.05, 0.1) is 0 Å². The zero-order chi connectivity index (χ0) is 17.4. The average Bonchev–Trinajstić information content (AvgIpc) is 3.28. The second-order valence-electron chi connectivity index (χ2n) is 6.48. The van der Waals surface area contributed by atoms with Crippen molar-refractivity contribution in [2.75, 3.05) is 20.6 Å². The van der Waals surface area contributed by atoms with Crippen LogP contribution in [0.5, 0.6) is 0 Å². The molecule has 0 fully saturated rings. The average molecular weight is 351 g/mol. The molecule has 0 atom stereocenters. The van der Waals surface area contributed by atoms with Crippen LogP contribution in [-0.2, 0) is 6.54 Å². The van der Waals surface area contributed by atoms with Crippen molar-refractivity contribution in [3.63, 3.8) is 0 Å². The summed E-state index contributed by atoms with van der Waals surface area (Å²) in [5.74, 6) is 0.961. The van der Waals surface area contributed by atoms with E-state index in [4.69, 9.17) is 4.98 Å². The lowest BCUT2D eigenvalue weighted by Crippen LogP contribution is -2.18.